The van der Waals surface area contributed by atoms with E-state index in [-0.39, 0.29) is 0 Å². The molecule has 0 spiro atoms. The fraction of sp³-hybridized carbons (Fsp3) is 0.647. The van der Waals surface area contributed by atoms with Gasteiger partial charge in [-0.2, -0.15) is 0 Å². The Labute approximate surface area is 117 Å². The van der Waals surface area contributed by atoms with Gasteiger partial charge in [-0.05, 0) is 35.8 Å². The summed E-state index contributed by atoms with van der Waals surface area (Å²) in [6.07, 6.45) is 8.15. The topological polar surface area (TPSA) is 38.0 Å². The average Bonchev–Trinajstić information content (AvgIpc) is 2.93. The third kappa shape index (κ3) is 4.05. The van der Waals surface area contributed by atoms with Gasteiger partial charge in [-0.25, -0.2) is 0 Å². The first-order valence-electron chi connectivity index (χ1n) is 7.76. The summed E-state index contributed by atoms with van der Waals surface area (Å²) in [5.41, 5.74) is 5.71. The van der Waals surface area contributed by atoms with Crippen LogP contribution in [0.15, 0.2) is 24.3 Å². The van der Waals surface area contributed by atoms with Gasteiger partial charge in [0, 0.05) is 6.04 Å². The number of hydrogen-bond donors (Lipinski definition) is 2. The van der Waals surface area contributed by atoms with Gasteiger partial charge in [-0.15, -0.1) is 0 Å². The van der Waals surface area contributed by atoms with Crippen molar-refractivity contribution in [2.24, 2.45) is 11.8 Å². The highest BCUT2D eigenvalue weighted by atomic mass is 15.2. The Bertz CT molecular complexity index is 363. The second-order valence-corrected chi connectivity index (χ2v) is 6.27. The SMILES string of the molecule is CC(C)c1ccc(C(CCC2CCCC2)NN)cc1. The van der Waals surface area contributed by atoms with Gasteiger partial charge in [-0.1, -0.05) is 63.8 Å². The number of nitrogens with one attached hydrogen (secondary N) is 1. The van der Waals surface area contributed by atoms with Gasteiger partial charge in [0.25, 0.3) is 0 Å². The molecule has 1 unspecified atom stereocenters. The molecule has 2 heteroatoms. The fourth-order valence-corrected chi connectivity index (χ4v) is 3.16. The van der Waals surface area contributed by atoms with Gasteiger partial charge in [0.1, 0.15) is 0 Å². The first-order chi connectivity index (χ1) is 9.20. The minimum Gasteiger partial charge on any atom is -0.271 e. The summed E-state index contributed by atoms with van der Waals surface area (Å²) in [5, 5.41) is 0. The monoisotopic (exact) mass is 260 g/mol. The molecular weight excluding hydrogens is 232 g/mol. The highest BCUT2D eigenvalue weighted by Gasteiger charge is 2.17. The predicted molar refractivity (Wildman–Crippen MR) is 81.8 cm³/mol. The lowest BCUT2D eigenvalue weighted by Gasteiger charge is -2.19. The van der Waals surface area contributed by atoms with Crippen LogP contribution < -0.4 is 11.3 Å². The van der Waals surface area contributed by atoms with Crippen molar-refractivity contribution in [1.29, 1.82) is 0 Å². The van der Waals surface area contributed by atoms with Crippen molar-refractivity contribution in [3.63, 3.8) is 0 Å². The van der Waals surface area contributed by atoms with E-state index in [0.29, 0.717) is 12.0 Å². The summed E-state index contributed by atoms with van der Waals surface area (Å²) in [6, 6.07) is 9.24. The van der Waals surface area contributed by atoms with Crippen LogP contribution in [0.4, 0.5) is 0 Å². The van der Waals surface area contributed by atoms with Gasteiger partial charge < -0.3 is 0 Å². The molecule has 1 atom stereocenters. The number of nitrogens with two attached hydrogens (primary N) is 1. The molecule has 3 N–H and O–H groups in total. The largest absolute Gasteiger partial charge is 0.271 e. The van der Waals surface area contributed by atoms with E-state index in [1.807, 2.05) is 0 Å². The Morgan fingerprint density at radius 1 is 1.11 bits per heavy atom. The molecule has 1 aliphatic carbocycles. The fourth-order valence-electron chi connectivity index (χ4n) is 3.16. The zero-order valence-corrected chi connectivity index (χ0v) is 12.4. The lowest BCUT2D eigenvalue weighted by atomic mass is 9.93. The maximum Gasteiger partial charge on any atom is 0.0460 e. The van der Waals surface area contributed by atoms with E-state index in [1.54, 1.807) is 0 Å². The Hall–Kier alpha value is -0.860. The smallest absolute Gasteiger partial charge is 0.0460 e. The molecule has 1 aromatic carbocycles. The van der Waals surface area contributed by atoms with Crippen molar-refractivity contribution in [3.8, 4) is 0 Å². The van der Waals surface area contributed by atoms with E-state index >= 15 is 0 Å². The maximum absolute atomic E-state index is 5.74. The molecule has 1 fully saturated rings. The molecule has 0 aromatic heterocycles. The molecule has 2 rings (SSSR count). The van der Waals surface area contributed by atoms with Gasteiger partial charge in [0.15, 0.2) is 0 Å². The van der Waals surface area contributed by atoms with E-state index in [9.17, 15) is 0 Å². The van der Waals surface area contributed by atoms with E-state index in [4.69, 9.17) is 5.84 Å². The van der Waals surface area contributed by atoms with Crippen LogP contribution in [-0.2, 0) is 0 Å². The zero-order valence-electron chi connectivity index (χ0n) is 12.4. The first kappa shape index (κ1) is 14.5. The van der Waals surface area contributed by atoms with Crippen molar-refractivity contribution >= 4 is 0 Å². The van der Waals surface area contributed by atoms with Crippen LogP contribution in [0.5, 0.6) is 0 Å². The van der Waals surface area contributed by atoms with E-state index in [2.05, 4.69) is 43.5 Å². The van der Waals surface area contributed by atoms with Crippen molar-refractivity contribution < 1.29 is 0 Å². The normalized spacial score (nSPS) is 18.1. The molecule has 1 saturated carbocycles. The molecule has 1 aromatic rings. The third-order valence-electron chi connectivity index (χ3n) is 4.55. The van der Waals surface area contributed by atoms with E-state index in [0.717, 1.165) is 12.3 Å². The average molecular weight is 260 g/mol. The highest BCUT2D eigenvalue weighted by molar-refractivity contribution is 5.26. The molecular formula is C17H28N2. The predicted octanol–water partition coefficient (Wildman–Crippen LogP) is 4.28. The van der Waals surface area contributed by atoms with Crippen molar-refractivity contribution in [1.82, 2.24) is 5.43 Å². The Morgan fingerprint density at radius 3 is 2.21 bits per heavy atom. The summed E-state index contributed by atoms with van der Waals surface area (Å²) in [7, 11) is 0. The molecule has 19 heavy (non-hydrogen) atoms. The van der Waals surface area contributed by atoms with Gasteiger partial charge >= 0.3 is 0 Å². The molecule has 0 saturated heterocycles. The van der Waals surface area contributed by atoms with Crippen LogP contribution in [0.25, 0.3) is 0 Å². The van der Waals surface area contributed by atoms with Crippen molar-refractivity contribution in [3.05, 3.63) is 35.4 Å². The minimum atomic E-state index is 0.307. The van der Waals surface area contributed by atoms with Crippen LogP contribution in [0.3, 0.4) is 0 Å². The number of hydrogen-bond acceptors (Lipinski definition) is 2. The van der Waals surface area contributed by atoms with Gasteiger partial charge in [0.05, 0.1) is 0 Å². The molecule has 0 radical (unpaired) electrons. The number of hydrazine groups is 1. The van der Waals surface area contributed by atoms with E-state index < -0.39 is 0 Å². The van der Waals surface area contributed by atoms with E-state index in [1.165, 1.54) is 43.2 Å². The summed E-state index contributed by atoms with van der Waals surface area (Å²) >= 11 is 0. The molecule has 1 aliphatic rings. The van der Waals surface area contributed by atoms with Gasteiger partial charge in [0.2, 0.25) is 0 Å². The minimum absolute atomic E-state index is 0.307. The summed E-state index contributed by atoms with van der Waals surface area (Å²) < 4.78 is 0. The second-order valence-electron chi connectivity index (χ2n) is 6.27. The standard InChI is InChI=1S/C17H28N2/c1-13(2)15-8-10-16(11-9-15)17(19-18)12-7-14-5-3-4-6-14/h8-11,13-14,17,19H,3-7,12,18H2,1-2H3. The quantitative estimate of drug-likeness (QED) is 0.591. The lowest BCUT2D eigenvalue weighted by molar-refractivity contribution is 0.416. The van der Waals surface area contributed by atoms with Gasteiger partial charge in [-0.3, -0.25) is 11.3 Å². The Kier molecular flexibility index (Phi) is 5.41. The molecule has 0 heterocycles. The van der Waals surface area contributed by atoms with Crippen LogP contribution in [-0.4, -0.2) is 0 Å². The van der Waals surface area contributed by atoms with Crippen LogP contribution in [0, 0.1) is 5.92 Å². The first-order valence-corrected chi connectivity index (χ1v) is 7.76. The van der Waals surface area contributed by atoms with Crippen LogP contribution >= 0.6 is 0 Å². The van der Waals surface area contributed by atoms with Crippen molar-refractivity contribution in [2.75, 3.05) is 0 Å². The second kappa shape index (κ2) is 7.06. The maximum atomic E-state index is 5.74. The van der Waals surface area contributed by atoms with Crippen LogP contribution in [0.2, 0.25) is 0 Å². The Morgan fingerprint density at radius 2 is 1.68 bits per heavy atom. The summed E-state index contributed by atoms with van der Waals surface area (Å²) in [4.78, 5) is 0. The highest BCUT2D eigenvalue weighted by Crippen LogP contribution is 2.31. The molecule has 0 bridgehead atoms. The third-order valence-corrected chi connectivity index (χ3v) is 4.55. The molecule has 2 nitrogen and oxygen atoms in total. The Balaban J connectivity index is 1.92. The molecule has 0 aliphatic heterocycles. The number of rotatable bonds is 6. The zero-order chi connectivity index (χ0) is 13.7. The number of benzene rings is 1. The molecule has 0 amide bonds. The lowest BCUT2D eigenvalue weighted by Crippen LogP contribution is -2.28. The summed E-state index contributed by atoms with van der Waals surface area (Å²) in [6.45, 7) is 4.46. The van der Waals surface area contributed by atoms with Crippen molar-refractivity contribution in [2.45, 2.75) is 64.3 Å². The van der Waals surface area contributed by atoms with Crippen LogP contribution in [0.1, 0.15) is 75.5 Å². The molecule has 106 valence electrons. The summed E-state index contributed by atoms with van der Waals surface area (Å²) in [5.74, 6) is 7.27.